The van der Waals surface area contributed by atoms with Crippen molar-refractivity contribution in [1.29, 1.82) is 0 Å². The Labute approximate surface area is 217 Å². The second-order valence-corrected chi connectivity index (χ2v) is 10.5. The number of likely N-dealkylation sites (tertiary alicyclic amines) is 1. The van der Waals surface area contributed by atoms with Gasteiger partial charge in [-0.05, 0) is 74.4 Å². The van der Waals surface area contributed by atoms with Gasteiger partial charge in [-0.1, -0.05) is 18.2 Å². The molecule has 3 aliphatic rings. The number of piperidine rings is 1. The maximum atomic E-state index is 12.7. The van der Waals surface area contributed by atoms with Crippen LogP contribution in [0.5, 0.6) is 0 Å². The van der Waals surface area contributed by atoms with E-state index in [1.807, 2.05) is 24.1 Å². The fourth-order valence-electron chi connectivity index (χ4n) is 4.85. The molecule has 2 aromatic rings. The third-order valence-corrected chi connectivity index (χ3v) is 7.50. The summed E-state index contributed by atoms with van der Waals surface area (Å²) < 4.78 is 0. The molecule has 8 heteroatoms. The molecule has 2 aliphatic carbocycles. The summed E-state index contributed by atoms with van der Waals surface area (Å²) in [5.74, 6) is 0.143. The highest BCUT2D eigenvalue weighted by molar-refractivity contribution is 5.98. The van der Waals surface area contributed by atoms with Gasteiger partial charge in [0.15, 0.2) is 0 Å². The van der Waals surface area contributed by atoms with Crippen molar-refractivity contribution >= 4 is 35.0 Å². The van der Waals surface area contributed by atoms with E-state index < -0.39 is 0 Å². The molecule has 0 spiro atoms. The molecule has 0 unspecified atom stereocenters. The summed E-state index contributed by atoms with van der Waals surface area (Å²) in [6, 6.07) is 14.6. The van der Waals surface area contributed by atoms with Gasteiger partial charge >= 0.3 is 0 Å². The fraction of sp³-hybridized carbons (Fsp3) is 0.448. The molecule has 4 amide bonds. The lowest BCUT2D eigenvalue weighted by atomic mass is 9.95. The molecule has 0 radical (unpaired) electrons. The monoisotopic (exact) mass is 502 g/mol. The van der Waals surface area contributed by atoms with Crippen LogP contribution in [0.3, 0.4) is 0 Å². The topological polar surface area (TPSA) is 98.8 Å². The average Bonchev–Trinajstić information content (AvgIpc) is 3.82. The van der Waals surface area contributed by atoms with Crippen LogP contribution in [0.25, 0.3) is 0 Å². The summed E-state index contributed by atoms with van der Waals surface area (Å²) in [5.41, 5.74) is 2.67. The molecule has 3 fully saturated rings. The highest BCUT2D eigenvalue weighted by Gasteiger charge is 2.36. The molecule has 0 atom stereocenters. The first-order valence-electron chi connectivity index (χ1n) is 13.2. The quantitative estimate of drug-likeness (QED) is 0.575. The molecule has 0 aromatic heterocycles. The zero-order chi connectivity index (χ0) is 25.9. The first-order valence-corrected chi connectivity index (χ1v) is 13.2. The molecule has 8 nitrogen and oxygen atoms in total. The second kappa shape index (κ2) is 10.7. The standard InChI is InChI=1S/C29H34N4O4/c1-32(25-11-12-25)28(36)22-3-2-4-24(18-22)30-26(34)17-19-5-9-23(10-6-19)31-27(35)20-13-15-33(16-14-20)29(37)21-7-8-21/h2-6,9-10,18,20-21,25H,7-8,11-17H2,1H3,(H,30,34)(H,31,35). The van der Waals surface area contributed by atoms with Gasteiger partial charge in [-0.15, -0.1) is 0 Å². The Balaban J connectivity index is 1.09. The Morgan fingerprint density at radius 1 is 0.838 bits per heavy atom. The number of nitrogens with one attached hydrogen (secondary N) is 2. The molecule has 5 rings (SSSR count). The minimum atomic E-state index is -0.176. The van der Waals surface area contributed by atoms with Gasteiger partial charge in [-0.25, -0.2) is 0 Å². The number of nitrogens with zero attached hydrogens (tertiary/aromatic N) is 2. The van der Waals surface area contributed by atoms with E-state index in [0.717, 1.165) is 31.2 Å². The zero-order valence-corrected chi connectivity index (χ0v) is 21.2. The van der Waals surface area contributed by atoms with Crippen LogP contribution in [0.2, 0.25) is 0 Å². The molecule has 37 heavy (non-hydrogen) atoms. The fourth-order valence-corrected chi connectivity index (χ4v) is 4.85. The maximum absolute atomic E-state index is 12.7. The van der Waals surface area contributed by atoms with Crippen molar-refractivity contribution in [1.82, 2.24) is 9.80 Å². The summed E-state index contributed by atoms with van der Waals surface area (Å²) in [6.45, 7) is 1.30. The summed E-state index contributed by atoms with van der Waals surface area (Å²) in [6.07, 6.45) is 5.65. The van der Waals surface area contributed by atoms with Crippen LogP contribution in [0.4, 0.5) is 11.4 Å². The Kier molecular flexibility index (Phi) is 7.26. The second-order valence-electron chi connectivity index (χ2n) is 10.5. The number of hydrogen-bond acceptors (Lipinski definition) is 4. The van der Waals surface area contributed by atoms with Crippen LogP contribution in [0.15, 0.2) is 48.5 Å². The van der Waals surface area contributed by atoms with Crippen molar-refractivity contribution in [3.05, 3.63) is 59.7 Å². The van der Waals surface area contributed by atoms with Crippen LogP contribution < -0.4 is 10.6 Å². The van der Waals surface area contributed by atoms with E-state index in [0.29, 0.717) is 48.9 Å². The van der Waals surface area contributed by atoms with Gasteiger partial charge in [0, 0.05) is 55.0 Å². The highest BCUT2D eigenvalue weighted by Crippen LogP contribution is 2.32. The number of hydrogen-bond donors (Lipinski definition) is 2. The zero-order valence-electron chi connectivity index (χ0n) is 21.2. The smallest absolute Gasteiger partial charge is 0.253 e. The molecule has 2 N–H and O–H groups in total. The maximum Gasteiger partial charge on any atom is 0.253 e. The lowest BCUT2D eigenvalue weighted by molar-refractivity contribution is -0.135. The lowest BCUT2D eigenvalue weighted by Gasteiger charge is -2.31. The predicted octanol–water partition coefficient (Wildman–Crippen LogP) is 3.69. The summed E-state index contributed by atoms with van der Waals surface area (Å²) in [5, 5.41) is 5.84. The first kappa shape index (κ1) is 25.0. The number of carbonyl (C=O) groups is 4. The van der Waals surface area contributed by atoms with E-state index in [1.165, 1.54) is 0 Å². The van der Waals surface area contributed by atoms with Gasteiger partial charge in [-0.2, -0.15) is 0 Å². The van der Waals surface area contributed by atoms with Gasteiger partial charge < -0.3 is 20.4 Å². The molecule has 2 saturated carbocycles. The van der Waals surface area contributed by atoms with E-state index in [1.54, 1.807) is 41.3 Å². The number of benzene rings is 2. The molecular formula is C29H34N4O4. The molecule has 2 aromatic carbocycles. The van der Waals surface area contributed by atoms with Gasteiger partial charge in [0.25, 0.3) is 5.91 Å². The predicted molar refractivity (Wildman–Crippen MR) is 141 cm³/mol. The third-order valence-electron chi connectivity index (χ3n) is 7.50. The van der Waals surface area contributed by atoms with Gasteiger partial charge in [-0.3, -0.25) is 19.2 Å². The molecule has 1 heterocycles. The van der Waals surface area contributed by atoms with Crippen LogP contribution in [-0.4, -0.2) is 59.6 Å². The Morgan fingerprint density at radius 3 is 2.19 bits per heavy atom. The van der Waals surface area contributed by atoms with Crippen LogP contribution in [0, 0.1) is 11.8 Å². The minimum Gasteiger partial charge on any atom is -0.342 e. The Bertz CT molecular complexity index is 1180. The number of carbonyl (C=O) groups excluding carboxylic acids is 4. The van der Waals surface area contributed by atoms with E-state index in [-0.39, 0.29) is 41.9 Å². The summed E-state index contributed by atoms with van der Waals surface area (Å²) in [4.78, 5) is 53.8. The summed E-state index contributed by atoms with van der Waals surface area (Å²) >= 11 is 0. The summed E-state index contributed by atoms with van der Waals surface area (Å²) in [7, 11) is 1.82. The van der Waals surface area contributed by atoms with Crippen molar-refractivity contribution in [3.63, 3.8) is 0 Å². The Hall–Kier alpha value is -3.68. The Morgan fingerprint density at radius 2 is 1.54 bits per heavy atom. The molecule has 194 valence electrons. The number of rotatable bonds is 8. The van der Waals surface area contributed by atoms with E-state index in [4.69, 9.17) is 0 Å². The van der Waals surface area contributed by atoms with Gasteiger partial charge in [0.1, 0.15) is 0 Å². The van der Waals surface area contributed by atoms with E-state index in [2.05, 4.69) is 10.6 Å². The lowest BCUT2D eigenvalue weighted by Crippen LogP contribution is -2.42. The highest BCUT2D eigenvalue weighted by atomic mass is 16.2. The van der Waals surface area contributed by atoms with Crippen molar-refractivity contribution in [3.8, 4) is 0 Å². The average molecular weight is 503 g/mol. The molecule has 1 saturated heterocycles. The van der Waals surface area contributed by atoms with E-state index >= 15 is 0 Å². The van der Waals surface area contributed by atoms with Gasteiger partial charge in [0.05, 0.1) is 6.42 Å². The van der Waals surface area contributed by atoms with Crippen molar-refractivity contribution in [2.45, 2.75) is 51.0 Å². The van der Waals surface area contributed by atoms with Crippen LogP contribution >= 0.6 is 0 Å². The van der Waals surface area contributed by atoms with E-state index in [9.17, 15) is 19.2 Å². The largest absolute Gasteiger partial charge is 0.342 e. The SMILES string of the molecule is CN(C(=O)c1cccc(NC(=O)Cc2ccc(NC(=O)C3CCN(C(=O)C4CC4)CC3)cc2)c1)C1CC1. The number of anilines is 2. The van der Waals surface area contributed by atoms with Crippen LogP contribution in [0.1, 0.15) is 54.4 Å². The van der Waals surface area contributed by atoms with Gasteiger partial charge in [0.2, 0.25) is 17.7 Å². The third kappa shape index (κ3) is 6.37. The minimum absolute atomic E-state index is 0.0224. The van der Waals surface area contributed by atoms with Crippen LogP contribution in [-0.2, 0) is 20.8 Å². The molecule has 1 aliphatic heterocycles. The number of amides is 4. The molecule has 0 bridgehead atoms. The van der Waals surface area contributed by atoms with Crippen molar-refractivity contribution in [2.75, 3.05) is 30.8 Å². The molecular weight excluding hydrogens is 468 g/mol. The first-order chi connectivity index (χ1) is 17.9. The normalized spacial score (nSPS) is 17.7. The van der Waals surface area contributed by atoms with Crippen molar-refractivity contribution < 1.29 is 19.2 Å². The van der Waals surface area contributed by atoms with Crippen molar-refractivity contribution in [2.24, 2.45) is 11.8 Å².